The van der Waals surface area contributed by atoms with Crippen LogP contribution in [0, 0.1) is 0 Å². The number of nitrogens with one attached hydrogen (secondary N) is 1. The minimum atomic E-state index is -0.507. The quantitative estimate of drug-likeness (QED) is 0.781. The summed E-state index contributed by atoms with van der Waals surface area (Å²) < 4.78 is 5.26. The van der Waals surface area contributed by atoms with Gasteiger partial charge in [0.2, 0.25) is 0 Å². The lowest BCUT2D eigenvalue weighted by molar-refractivity contribution is 0.100. The first-order chi connectivity index (χ1) is 8.63. The van der Waals surface area contributed by atoms with Gasteiger partial charge in [0.25, 0.3) is 5.91 Å². The van der Waals surface area contributed by atoms with Gasteiger partial charge in [-0.1, -0.05) is 19.3 Å². The summed E-state index contributed by atoms with van der Waals surface area (Å²) >= 11 is 1.28. The molecule has 0 atom stereocenters. The van der Waals surface area contributed by atoms with Crippen molar-refractivity contribution in [3.05, 3.63) is 4.88 Å². The molecule has 1 fully saturated rings. The van der Waals surface area contributed by atoms with Crippen LogP contribution in [0.1, 0.15) is 41.8 Å². The number of carbonyl (C=O) groups excluding carboxylic acids is 1. The third-order valence-electron chi connectivity index (χ3n) is 3.27. The Kier molecular flexibility index (Phi) is 3.96. The summed E-state index contributed by atoms with van der Waals surface area (Å²) in [5.74, 6) is 0.0341. The Labute approximate surface area is 110 Å². The summed E-state index contributed by atoms with van der Waals surface area (Å²) in [6.07, 6.45) is 6.07. The monoisotopic (exact) mass is 269 g/mol. The second kappa shape index (κ2) is 5.48. The largest absolute Gasteiger partial charge is 0.492 e. The third kappa shape index (κ3) is 2.53. The van der Waals surface area contributed by atoms with E-state index in [4.69, 9.17) is 16.2 Å². The topological polar surface area (TPSA) is 90.4 Å². The minimum absolute atomic E-state index is 0.341. The van der Waals surface area contributed by atoms with Crippen molar-refractivity contribution in [2.75, 3.05) is 18.2 Å². The number of nitrogens with two attached hydrogens (primary N) is 2. The number of methoxy groups -OCH3 is 1. The molecule has 0 aromatic carbocycles. The van der Waals surface area contributed by atoms with Crippen molar-refractivity contribution in [2.45, 2.75) is 38.1 Å². The van der Waals surface area contributed by atoms with Crippen molar-refractivity contribution in [2.24, 2.45) is 5.73 Å². The van der Waals surface area contributed by atoms with Gasteiger partial charge in [-0.15, -0.1) is 11.3 Å². The summed E-state index contributed by atoms with van der Waals surface area (Å²) in [6, 6.07) is 0.437. The van der Waals surface area contributed by atoms with Gasteiger partial charge >= 0.3 is 0 Å². The molecule has 1 aromatic heterocycles. The fourth-order valence-electron chi connectivity index (χ4n) is 2.34. The summed E-state index contributed by atoms with van der Waals surface area (Å²) in [5, 5.41) is 4.24. The number of hydrogen-bond acceptors (Lipinski definition) is 5. The lowest BCUT2D eigenvalue weighted by Gasteiger charge is -2.23. The van der Waals surface area contributed by atoms with Gasteiger partial charge < -0.3 is 21.5 Å². The molecule has 1 saturated carbocycles. The molecule has 1 aromatic rings. The number of amides is 1. The Balaban J connectivity index is 2.20. The molecule has 1 aliphatic rings. The van der Waals surface area contributed by atoms with Gasteiger partial charge in [-0.05, 0) is 12.8 Å². The molecule has 18 heavy (non-hydrogen) atoms. The van der Waals surface area contributed by atoms with Crippen molar-refractivity contribution >= 4 is 27.9 Å². The molecule has 5 N–H and O–H groups in total. The van der Waals surface area contributed by atoms with Crippen molar-refractivity contribution in [1.29, 1.82) is 0 Å². The molecule has 0 aliphatic heterocycles. The van der Waals surface area contributed by atoms with Gasteiger partial charge in [-0.3, -0.25) is 4.79 Å². The van der Waals surface area contributed by atoms with Gasteiger partial charge in [0.15, 0.2) is 5.75 Å². The second-order valence-corrected chi connectivity index (χ2v) is 5.57. The van der Waals surface area contributed by atoms with Crippen LogP contribution in [-0.2, 0) is 0 Å². The van der Waals surface area contributed by atoms with Crippen LogP contribution in [0.4, 0.5) is 10.7 Å². The molecule has 2 rings (SSSR count). The molecule has 0 unspecified atom stereocenters. The van der Waals surface area contributed by atoms with Crippen molar-refractivity contribution in [1.82, 2.24) is 0 Å². The van der Waals surface area contributed by atoms with Crippen LogP contribution in [0.25, 0.3) is 0 Å². The molecule has 1 heterocycles. The van der Waals surface area contributed by atoms with E-state index in [1.54, 1.807) is 7.11 Å². The zero-order valence-corrected chi connectivity index (χ0v) is 11.3. The maximum atomic E-state index is 11.3. The average Bonchev–Trinajstić information content (AvgIpc) is 2.67. The number of nitrogen functional groups attached to an aromatic ring is 1. The molecule has 1 amide bonds. The van der Waals surface area contributed by atoms with E-state index >= 15 is 0 Å². The zero-order chi connectivity index (χ0) is 13.1. The first-order valence-corrected chi connectivity index (χ1v) is 6.97. The van der Waals surface area contributed by atoms with Crippen LogP contribution < -0.4 is 21.5 Å². The Morgan fingerprint density at radius 2 is 2.06 bits per heavy atom. The highest BCUT2D eigenvalue weighted by atomic mass is 32.1. The number of primary amides is 1. The normalized spacial score (nSPS) is 16.5. The van der Waals surface area contributed by atoms with E-state index < -0.39 is 5.91 Å². The van der Waals surface area contributed by atoms with Crippen LogP contribution in [0.3, 0.4) is 0 Å². The highest BCUT2D eigenvalue weighted by Gasteiger charge is 2.22. The summed E-state index contributed by atoms with van der Waals surface area (Å²) in [5.41, 5.74) is 11.5. The zero-order valence-electron chi connectivity index (χ0n) is 10.5. The van der Waals surface area contributed by atoms with Crippen LogP contribution in [0.5, 0.6) is 5.75 Å². The number of rotatable bonds is 4. The number of carbonyl (C=O) groups is 1. The SMILES string of the molecule is COc1c(NC2CCCCC2)sc(C(N)=O)c1N. The van der Waals surface area contributed by atoms with Crippen LogP contribution in [0.2, 0.25) is 0 Å². The molecule has 0 saturated heterocycles. The lowest BCUT2D eigenvalue weighted by Crippen LogP contribution is -2.21. The van der Waals surface area contributed by atoms with E-state index in [-0.39, 0.29) is 0 Å². The summed E-state index contributed by atoms with van der Waals surface area (Å²) in [6.45, 7) is 0. The van der Waals surface area contributed by atoms with Gasteiger partial charge in [-0.2, -0.15) is 0 Å². The minimum Gasteiger partial charge on any atom is -0.492 e. The number of thiophene rings is 1. The van der Waals surface area contributed by atoms with E-state index in [0.717, 1.165) is 17.8 Å². The molecule has 1 aliphatic carbocycles. The maximum absolute atomic E-state index is 11.3. The standard InChI is InChI=1S/C12H19N3O2S/c1-17-9-8(13)10(11(14)16)18-12(9)15-7-5-3-2-4-6-7/h7,15H,2-6,13H2,1H3,(H2,14,16). The van der Waals surface area contributed by atoms with Crippen LogP contribution in [0.15, 0.2) is 0 Å². The Morgan fingerprint density at radius 1 is 1.39 bits per heavy atom. The summed E-state index contributed by atoms with van der Waals surface area (Å²) in [4.78, 5) is 11.6. The highest BCUT2D eigenvalue weighted by Crippen LogP contribution is 2.43. The molecule has 5 nitrogen and oxygen atoms in total. The fraction of sp³-hybridized carbons (Fsp3) is 0.583. The number of ether oxygens (including phenoxy) is 1. The molecular formula is C12H19N3O2S. The second-order valence-electron chi connectivity index (χ2n) is 4.55. The van der Waals surface area contributed by atoms with Crippen LogP contribution >= 0.6 is 11.3 Å². The van der Waals surface area contributed by atoms with Gasteiger partial charge in [0.05, 0.1) is 7.11 Å². The average molecular weight is 269 g/mol. The van der Waals surface area contributed by atoms with E-state index in [0.29, 0.717) is 22.4 Å². The molecule has 6 heteroatoms. The van der Waals surface area contributed by atoms with Crippen molar-refractivity contribution < 1.29 is 9.53 Å². The number of hydrogen-bond donors (Lipinski definition) is 3. The molecule has 0 bridgehead atoms. The van der Waals surface area contributed by atoms with E-state index in [1.807, 2.05) is 0 Å². The van der Waals surface area contributed by atoms with Gasteiger partial charge in [-0.25, -0.2) is 0 Å². The number of anilines is 2. The fourth-order valence-corrected chi connectivity index (χ4v) is 3.36. The molecule has 0 radical (unpaired) electrons. The Hall–Kier alpha value is -1.43. The first kappa shape index (κ1) is 13.0. The lowest BCUT2D eigenvalue weighted by atomic mass is 9.96. The molecule has 100 valence electrons. The van der Waals surface area contributed by atoms with E-state index in [9.17, 15) is 4.79 Å². The molecular weight excluding hydrogens is 250 g/mol. The Morgan fingerprint density at radius 3 is 2.61 bits per heavy atom. The van der Waals surface area contributed by atoms with E-state index in [1.165, 1.54) is 30.6 Å². The highest BCUT2D eigenvalue weighted by molar-refractivity contribution is 7.19. The molecule has 0 spiro atoms. The smallest absolute Gasteiger partial charge is 0.261 e. The third-order valence-corrected chi connectivity index (χ3v) is 4.40. The predicted octanol–water partition coefficient (Wildman–Crippen LogP) is 2.18. The predicted molar refractivity (Wildman–Crippen MR) is 74.3 cm³/mol. The first-order valence-electron chi connectivity index (χ1n) is 6.16. The van der Waals surface area contributed by atoms with Crippen molar-refractivity contribution in [3.63, 3.8) is 0 Å². The van der Waals surface area contributed by atoms with Crippen LogP contribution in [-0.4, -0.2) is 19.1 Å². The summed E-state index contributed by atoms with van der Waals surface area (Å²) in [7, 11) is 1.55. The Bertz CT molecular complexity index is 439. The van der Waals surface area contributed by atoms with E-state index in [2.05, 4.69) is 5.32 Å². The van der Waals surface area contributed by atoms with Gasteiger partial charge in [0.1, 0.15) is 15.6 Å². The van der Waals surface area contributed by atoms with Crippen molar-refractivity contribution in [3.8, 4) is 5.75 Å². The maximum Gasteiger partial charge on any atom is 0.261 e. The van der Waals surface area contributed by atoms with Gasteiger partial charge in [0, 0.05) is 6.04 Å².